The first kappa shape index (κ1) is 14.7. The SMILES string of the molecule is CCCCC1CSc2cc(CC)c(OC)cc2CN1. The normalized spacial score (nSPS) is 18.8. The Morgan fingerprint density at radius 2 is 2.21 bits per heavy atom. The second-order valence-corrected chi connectivity index (χ2v) is 6.22. The second-order valence-electron chi connectivity index (χ2n) is 5.16. The molecule has 0 saturated heterocycles. The summed E-state index contributed by atoms with van der Waals surface area (Å²) in [7, 11) is 1.77. The summed E-state index contributed by atoms with van der Waals surface area (Å²) >= 11 is 2.00. The fourth-order valence-electron chi connectivity index (χ4n) is 2.52. The maximum absolute atomic E-state index is 5.50. The van der Waals surface area contributed by atoms with Crippen LogP contribution >= 0.6 is 11.8 Å². The number of unbranched alkanes of at least 4 members (excludes halogenated alkanes) is 1. The van der Waals surface area contributed by atoms with Gasteiger partial charge in [-0.05, 0) is 36.1 Å². The molecule has 0 bridgehead atoms. The van der Waals surface area contributed by atoms with Crippen LogP contribution in [0.3, 0.4) is 0 Å². The fraction of sp³-hybridized carbons (Fsp3) is 0.625. The monoisotopic (exact) mass is 279 g/mol. The molecule has 0 fully saturated rings. The second kappa shape index (κ2) is 7.20. The van der Waals surface area contributed by atoms with Gasteiger partial charge in [0.1, 0.15) is 5.75 Å². The van der Waals surface area contributed by atoms with E-state index in [1.165, 1.54) is 41.0 Å². The van der Waals surface area contributed by atoms with E-state index in [4.69, 9.17) is 4.74 Å². The van der Waals surface area contributed by atoms with E-state index in [1.54, 1.807) is 7.11 Å². The van der Waals surface area contributed by atoms with Crippen molar-refractivity contribution in [3.63, 3.8) is 0 Å². The van der Waals surface area contributed by atoms with Crippen molar-refractivity contribution in [1.82, 2.24) is 5.32 Å². The topological polar surface area (TPSA) is 21.3 Å². The standard InChI is InChI=1S/C16H25NOS/c1-4-6-7-14-11-19-16-9-12(5-2)15(18-3)8-13(16)10-17-14/h8-9,14,17H,4-7,10-11H2,1-3H3. The molecular weight excluding hydrogens is 254 g/mol. The van der Waals surface area contributed by atoms with Gasteiger partial charge >= 0.3 is 0 Å². The first-order valence-electron chi connectivity index (χ1n) is 7.34. The molecule has 0 amide bonds. The number of fused-ring (bicyclic) bond motifs is 1. The number of hydrogen-bond donors (Lipinski definition) is 1. The highest BCUT2D eigenvalue weighted by atomic mass is 32.2. The van der Waals surface area contributed by atoms with E-state index in [0.29, 0.717) is 6.04 Å². The van der Waals surface area contributed by atoms with E-state index >= 15 is 0 Å². The molecule has 0 aliphatic carbocycles. The van der Waals surface area contributed by atoms with Gasteiger partial charge in [-0.25, -0.2) is 0 Å². The minimum atomic E-state index is 0.647. The fourth-order valence-corrected chi connectivity index (χ4v) is 3.73. The van der Waals surface area contributed by atoms with Crippen molar-refractivity contribution in [1.29, 1.82) is 0 Å². The van der Waals surface area contributed by atoms with Gasteiger partial charge in [-0.15, -0.1) is 11.8 Å². The van der Waals surface area contributed by atoms with Crippen LogP contribution in [0.5, 0.6) is 5.75 Å². The van der Waals surface area contributed by atoms with Crippen LogP contribution in [0.2, 0.25) is 0 Å². The zero-order chi connectivity index (χ0) is 13.7. The molecule has 1 atom stereocenters. The number of hydrogen-bond acceptors (Lipinski definition) is 3. The van der Waals surface area contributed by atoms with Crippen LogP contribution in [0.15, 0.2) is 17.0 Å². The highest BCUT2D eigenvalue weighted by Crippen LogP contribution is 2.33. The van der Waals surface area contributed by atoms with Crippen LogP contribution in [-0.4, -0.2) is 18.9 Å². The Morgan fingerprint density at radius 3 is 2.89 bits per heavy atom. The molecule has 0 spiro atoms. The van der Waals surface area contributed by atoms with Gasteiger partial charge < -0.3 is 10.1 Å². The Balaban J connectivity index is 2.13. The maximum atomic E-state index is 5.50. The Kier molecular flexibility index (Phi) is 5.59. The van der Waals surface area contributed by atoms with Crippen LogP contribution in [-0.2, 0) is 13.0 Å². The number of thioether (sulfide) groups is 1. The molecule has 2 nitrogen and oxygen atoms in total. The first-order valence-corrected chi connectivity index (χ1v) is 8.33. The van der Waals surface area contributed by atoms with E-state index in [9.17, 15) is 0 Å². The van der Waals surface area contributed by atoms with E-state index in [1.807, 2.05) is 11.8 Å². The number of benzene rings is 1. The predicted molar refractivity (Wildman–Crippen MR) is 83.2 cm³/mol. The van der Waals surface area contributed by atoms with Crippen molar-refractivity contribution in [2.45, 2.75) is 57.0 Å². The molecular formula is C16H25NOS. The number of aryl methyl sites for hydroxylation is 1. The summed E-state index contributed by atoms with van der Waals surface area (Å²) in [5.41, 5.74) is 2.71. The summed E-state index contributed by atoms with van der Waals surface area (Å²) in [6, 6.07) is 5.19. The third kappa shape index (κ3) is 3.67. The van der Waals surface area contributed by atoms with Crippen molar-refractivity contribution < 1.29 is 4.74 Å². The maximum Gasteiger partial charge on any atom is 0.122 e. The van der Waals surface area contributed by atoms with Gasteiger partial charge in [0.05, 0.1) is 7.11 Å². The highest BCUT2D eigenvalue weighted by molar-refractivity contribution is 7.99. The van der Waals surface area contributed by atoms with E-state index in [0.717, 1.165) is 18.7 Å². The molecule has 3 heteroatoms. The van der Waals surface area contributed by atoms with Crippen LogP contribution in [0.1, 0.15) is 44.2 Å². The van der Waals surface area contributed by atoms with Gasteiger partial charge in [0.15, 0.2) is 0 Å². The Hall–Kier alpha value is -0.670. The zero-order valence-corrected chi connectivity index (χ0v) is 13.1. The number of nitrogens with one attached hydrogen (secondary N) is 1. The lowest BCUT2D eigenvalue weighted by molar-refractivity contribution is 0.408. The molecule has 0 aromatic heterocycles. The average Bonchev–Trinajstić information content (AvgIpc) is 2.65. The molecule has 0 radical (unpaired) electrons. The lowest BCUT2D eigenvalue weighted by Gasteiger charge is -2.14. The van der Waals surface area contributed by atoms with Crippen molar-refractivity contribution in [2.75, 3.05) is 12.9 Å². The van der Waals surface area contributed by atoms with E-state index < -0.39 is 0 Å². The van der Waals surface area contributed by atoms with Gasteiger partial charge in [-0.2, -0.15) is 0 Å². The molecule has 1 aliphatic heterocycles. The predicted octanol–water partition coefficient (Wildman–Crippen LogP) is 4.01. The van der Waals surface area contributed by atoms with Crippen molar-refractivity contribution >= 4 is 11.8 Å². The lowest BCUT2D eigenvalue weighted by Crippen LogP contribution is -2.29. The molecule has 1 aliphatic rings. The summed E-state index contributed by atoms with van der Waals surface area (Å²) in [4.78, 5) is 1.43. The molecule has 2 rings (SSSR count). The Morgan fingerprint density at radius 1 is 1.37 bits per heavy atom. The van der Waals surface area contributed by atoms with Crippen LogP contribution < -0.4 is 10.1 Å². The third-order valence-electron chi connectivity index (χ3n) is 3.77. The zero-order valence-electron chi connectivity index (χ0n) is 12.3. The molecule has 1 unspecified atom stereocenters. The lowest BCUT2D eigenvalue weighted by atomic mass is 10.1. The quantitative estimate of drug-likeness (QED) is 0.880. The number of ether oxygens (including phenoxy) is 1. The molecule has 1 aromatic rings. The van der Waals surface area contributed by atoms with Crippen LogP contribution in [0.25, 0.3) is 0 Å². The smallest absolute Gasteiger partial charge is 0.122 e. The van der Waals surface area contributed by atoms with Gasteiger partial charge in [0.25, 0.3) is 0 Å². The van der Waals surface area contributed by atoms with E-state index in [-0.39, 0.29) is 0 Å². The Bertz CT molecular complexity index is 384. The number of methoxy groups -OCH3 is 1. The Labute approximate surface area is 121 Å². The largest absolute Gasteiger partial charge is 0.496 e. The van der Waals surface area contributed by atoms with E-state index in [2.05, 4.69) is 31.3 Å². The summed E-state index contributed by atoms with van der Waals surface area (Å²) < 4.78 is 5.50. The summed E-state index contributed by atoms with van der Waals surface area (Å²) in [6.45, 7) is 5.42. The first-order chi connectivity index (χ1) is 9.28. The van der Waals surface area contributed by atoms with Gasteiger partial charge in [0, 0.05) is 23.2 Å². The van der Waals surface area contributed by atoms with Gasteiger partial charge in [0.2, 0.25) is 0 Å². The van der Waals surface area contributed by atoms with Crippen LogP contribution in [0.4, 0.5) is 0 Å². The van der Waals surface area contributed by atoms with Crippen molar-refractivity contribution in [3.8, 4) is 5.75 Å². The number of rotatable bonds is 5. The molecule has 1 N–H and O–H groups in total. The molecule has 19 heavy (non-hydrogen) atoms. The summed E-state index contributed by atoms with van der Waals surface area (Å²) in [5.74, 6) is 2.22. The minimum Gasteiger partial charge on any atom is -0.496 e. The average molecular weight is 279 g/mol. The minimum absolute atomic E-state index is 0.647. The molecule has 106 valence electrons. The van der Waals surface area contributed by atoms with Gasteiger partial charge in [-0.3, -0.25) is 0 Å². The third-order valence-corrected chi connectivity index (χ3v) is 5.03. The van der Waals surface area contributed by atoms with Crippen molar-refractivity contribution in [3.05, 3.63) is 23.3 Å². The molecule has 1 aromatic carbocycles. The van der Waals surface area contributed by atoms with Crippen LogP contribution in [0, 0.1) is 0 Å². The molecule has 1 heterocycles. The molecule has 0 saturated carbocycles. The summed E-state index contributed by atoms with van der Waals surface area (Å²) in [5, 5.41) is 3.68. The van der Waals surface area contributed by atoms with Gasteiger partial charge in [-0.1, -0.05) is 26.7 Å². The highest BCUT2D eigenvalue weighted by Gasteiger charge is 2.17. The summed E-state index contributed by atoms with van der Waals surface area (Å²) in [6.07, 6.45) is 4.92. The van der Waals surface area contributed by atoms with Crippen molar-refractivity contribution in [2.24, 2.45) is 0 Å².